The van der Waals surface area contributed by atoms with E-state index >= 15 is 0 Å². The Hall–Kier alpha value is -2.73. The van der Waals surface area contributed by atoms with E-state index in [2.05, 4.69) is 20.8 Å². The molecule has 1 amide bonds. The summed E-state index contributed by atoms with van der Waals surface area (Å²) in [5, 5.41) is 13.7. The second-order valence-corrected chi connectivity index (χ2v) is 4.85. The molecule has 6 heteroatoms. The molecule has 0 unspecified atom stereocenters. The standard InChI is InChI=1S/C15H12N4OS/c20-14(10-4-2-1-3-5-10)18-15(21)17-12-6-7-13-11(8-12)9-16-19-13/h1-9H,(H,16,19)(H2,17,18,20,21). The van der Waals surface area contributed by atoms with Gasteiger partial charge in [0.15, 0.2) is 5.11 Å². The second-order valence-electron chi connectivity index (χ2n) is 4.45. The zero-order valence-electron chi connectivity index (χ0n) is 11.0. The number of rotatable bonds is 2. The van der Waals surface area contributed by atoms with Crippen LogP contribution in [0.25, 0.3) is 10.9 Å². The minimum atomic E-state index is -0.238. The summed E-state index contributed by atoms with van der Waals surface area (Å²) < 4.78 is 0. The number of fused-ring (bicyclic) bond motifs is 1. The van der Waals surface area contributed by atoms with Gasteiger partial charge in [-0.3, -0.25) is 15.2 Å². The number of aromatic amines is 1. The van der Waals surface area contributed by atoms with Crippen LogP contribution in [-0.4, -0.2) is 21.2 Å². The lowest BCUT2D eigenvalue weighted by Crippen LogP contribution is -2.34. The summed E-state index contributed by atoms with van der Waals surface area (Å²) in [7, 11) is 0. The number of hydrogen-bond donors (Lipinski definition) is 3. The van der Waals surface area contributed by atoms with Crippen molar-refractivity contribution in [3.05, 3.63) is 60.3 Å². The van der Waals surface area contributed by atoms with Crippen molar-refractivity contribution < 1.29 is 4.79 Å². The largest absolute Gasteiger partial charge is 0.332 e. The summed E-state index contributed by atoms with van der Waals surface area (Å²) in [6, 6.07) is 14.6. The van der Waals surface area contributed by atoms with Gasteiger partial charge >= 0.3 is 0 Å². The van der Waals surface area contributed by atoms with Crippen LogP contribution in [0.2, 0.25) is 0 Å². The van der Waals surface area contributed by atoms with Crippen LogP contribution >= 0.6 is 12.2 Å². The van der Waals surface area contributed by atoms with Crippen molar-refractivity contribution in [2.24, 2.45) is 0 Å². The first kappa shape index (κ1) is 13.3. The molecule has 0 saturated carbocycles. The van der Waals surface area contributed by atoms with Crippen molar-refractivity contribution in [1.29, 1.82) is 0 Å². The lowest BCUT2D eigenvalue weighted by Gasteiger charge is -2.09. The van der Waals surface area contributed by atoms with E-state index in [4.69, 9.17) is 12.2 Å². The molecule has 21 heavy (non-hydrogen) atoms. The number of anilines is 1. The summed E-state index contributed by atoms with van der Waals surface area (Å²) in [5.41, 5.74) is 2.30. The number of nitrogens with zero attached hydrogens (tertiary/aromatic N) is 1. The number of thiocarbonyl (C=S) groups is 1. The van der Waals surface area contributed by atoms with E-state index < -0.39 is 0 Å². The average molecular weight is 296 g/mol. The molecule has 2 aromatic carbocycles. The van der Waals surface area contributed by atoms with Crippen molar-refractivity contribution in [2.45, 2.75) is 0 Å². The number of carbonyl (C=O) groups is 1. The van der Waals surface area contributed by atoms with Crippen LogP contribution in [0.1, 0.15) is 10.4 Å². The predicted octanol–water partition coefficient (Wildman–Crippen LogP) is 2.69. The number of hydrogen-bond acceptors (Lipinski definition) is 3. The Morgan fingerprint density at radius 3 is 2.76 bits per heavy atom. The molecule has 0 atom stereocenters. The third-order valence-corrected chi connectivity index (χ3v) is 3.17. The van der Waals surface area contributed by atoms with Crippen molar-refractivity contribution >= 4 is 39.8 Å². The highest BCUT2D eigenvalue weighted by Crippen LogP contribution is 2.16. The summed E-state index contributed by atoms with van der Waals surface area (Å²) in [4.78, 5) is 12.0. The monoisotopic (exact) mass is 296 g/mol. The van der Waals surface area contributed by atoms with Crippen LogP contribution in [0, 0.1) is 0 Å². The van der Waals surface area contributed by atoms with Crippen LogP contribution in [0.5, 0.6) is 0 Å². The molecule has 0 fully saturated rings. The Labute approximate surface area is 126 Å². The maximum atomic E-state index is 12.0. The summed E-state index contributed by atoms with van der Waals surface area (Å²) in [6.45, 7) is 0. The van der Waals surface area contributed by atoms with Crippen LogP contribution in [0.4, 0.5) is 5.69 Å². The van der Waals surface area contributed by atoms with Gasteiger partial charge < -0.3 is 5.32 Å². The molecule has 3 aromatic rings. The molecular weight excluding hydrogens is 284 g/mol. The Bertz CT molecular complexity index is 798. The fourth-order valence-electron chi connectivity index (χ4n) is 1.95. The van der Waals surface area contributed by atoms with Gasteiger partial charge in [-0.2, -0.15) is 5.10 Å². The zero-order chi connectivity index (χ0) is 14.7. The van der Waals surface area contributed by atoms with Gasteiger partial charge in [0.2, 0.25) is 0 Å². The number of H-pyrrole nitrogens is 1. The van der Waals surface area contributed by atoms with Crippen molar-refractivity contribution in [2.75, 3.05) is 5.32 Å². The highest BCUT2D eigenvalue weighted by Gasteiger charge is 2.07. The molecule has 0 spiro atoms. The number of amides is 1. The third kappa shape index (κ3) is 3.06. The van der Waals surface area contributed by atoms with Gasteiger partial charge in [-0.25, -0.2) is 0 Å². The SMILES string of the molecule is O=C(NC(=S)Nc1ccc2[nH]ncc2c1)c1ccccc1. The quantitative estimate of drug-likeness (QED) is 0.636. The first-order chi connectivity index (χ1) is 10.2. The topological polar surface area (TPSA) is 69.8 Å². The molecule has 0 bridgehead atoms. The van der Waals surface area contributed by atoms with E-state index in [0.717, 1.165) is 16.6 Å². The Balaban J connectivity index is 1.67. The highest BCUT2D eigenvalue weighted by atomic mass is 32.1. The fourth-order valence-corrected chi connectivity index (χ4v) is 2.16. The minimum Gasteiger partial charge on any atom is -0.332 e. The molecule has 0 radical (unpaired) electrons. The summed E-state index contributed by atoms with van der Waals surface area (Å²) >= 11 is 5.15. The molecule has 3 N–H and O–H groups in total. The van der Waals surface area contributed by atoms with E-state index in [1.54, 1.807) is 30.5 Å². The zero-order valence-corrected chi connectivity index (χ0v) is 11.8. The first-order valence-corrected chi connectivity index (χ1v) is 6.74. The normalized spacial score (nSPS) is 10.3. The lowest BCUT2D eigenvalue weighted by molar-refractivity contribution is 0.0978. The third-order valence-electron chi connectivity index (χ3n) is 2.96. The molecule has 0 saturated heterocycles. The predicted molar refractivity (Wildman–Crippen MR) is 86.2 cm³/mol. The van der Waals surface area contributed by atoms with Gasteiger partial charge in [0.05, 0.1) is 11.7 Å². The molecule has 3 rings (SSSR count). The number of carbonyl (C=O) groups excluding carboxylic acids is 1. The molecule has 104 valence electrons. The summed E-state index contributed by atoms with van der Waals surface area (Å²) in [5.74, 6) is -0.238. The Morgan fingerprint density at radius 2 is 1.95 bits per heavy atom. The van der Waals surface area contributed by atoms with Gasteiger partial charge in [-0.05, 0) is 42.5 Å². The van der Waals surface area contributed by atoms with Crippen LogP contribution < -0.4 is 10.6 Å². The smallest absolute Gasteiger partial charge is 0.257 e. The Kier molecular flexibility index (Phi) is 3.61. The second kappa shape index (κ2) is 5.72. The average Bonchev–Trinajstić information content (AvgIpc) is 2.95. The van der Waals surface area contributed by atoms with E-state index in [0.29, 0.717) is 5.56 Å². The molecule has 5 nitrogen and oxygen atoms in total. The molecule has 0 aliphatic heterocycles. The minimum absolute atomic E-state index is 0.238. The number of aromatic nitrogens is 2. The van der Waals surface area contributed by atoms with Gasteiger partial charge in [0.25, 0.3) is 5.91 Å². The van der Waals surface area contributed by atoms with E-state index in [9.17, 15) is 4.79 Å². The van der Waals surface area contributed by atoms with Crippen LogP contribution in [0.15, 0.2) is 54.7 Å². The maximum absolute atomic E-state index is 12.0. The highest BCUT2D eigenvalue weighted by molar-refractivity contribution is 7.80. The van der Waals surface area contributed by atoms with E-state index in [-0.39, 0.29) is 11.0 Å². The Morgan fingerprint density at radius 1 is 1.14 bits per heavy atom. The number of nitrogens with one attached hydrogen (secondary N) is 3. The van der Waals surface area contributed by atoms with Gasteiger partial charge in [-0.1, -0.05) is 18.2 Å². The van der Waals surface area contributed by atoms with Gasteiger partial charge in [-0.15, -0.1) is 0 Å². The molecule has 0 aliphatic carbocycles. The molecule has 1 aromatic heterocycles. The van der Waals surface area contributed by atoms with Crippen molar-refractivity contribution in [1.82, 2.24) is 15.5 Å². The van der Waals surface area contributed by atoms with Crippen molar-refractivity contribution in [3.63, 3.8) is 0 Å². The van der Waals surface area contributed by atoms with Crippen LogP contribution in [-0.2, 0) is 0 Å². The van der Waals surface area contributed by atoms with Crippen molar-refractivity contribution in [3.8, 4) is 0 Å². The summed E-state index contributed by atoms with van der Waals surface area (Å²) in [6.07, 6.45) is 1.73. The maximum Gasteiger partial charge on any atom is 0.257 e. The first-order valence-electron chi connectivity index (χ1n) is 6.33. The molecular formula is C15H12N4OS. The lowest BCUT2D eigenvalue weighted by atomic mass is 10.2. The molecule has 1 heterocycles. The van der Waals surface area contributed by atoms with Gasteiger partial charge in [0, 0.05) is 16.6 Å². The van der Waals surface area contributed by atoms with Crippen LogP contribution in [0.3, 0.4) is 0 Å². The van der Waals surface area contributed by atoms with Gasteiger partial charge in [0.1, 0.15) is 0 Å². The van der Waals surface area contributed by atoms with E-state index in [1.807, 2.05) is 24.3 Å². The molecule has 0 aliphatic rings. The van der Waals surface area contributed by atoms with E-state index in [1.165, 1.54) is 0 Å². The fraction of sp³-hybridized carbons (Fsp3) is 0. The number of benzene rings is 2.